The molecule has 0 radical (unpaired) electrons. The molecule has 0 bridgehead atoms. The van der Waals surface area contributed by atoms with Gasteiger partial charge in [-0.1, -0.05) is 6.92 Å². The molecule has 0 saturated carbocycles. The lowest BCUT2D eigenvalue weighted by atomic mass is 10.0. The summed E-state index contributed by atoms with van der Waals surface area (Å²) >= 11 is 0. The Balaban J connectivity index is 4.08. The van der Waals surface area contributed by atoms with Gasteiger partial charge in [0.25, 0.3) is 5.91 Å². The summed E-state index contributed by atoms with van der Waals surface area (Å²) in [6, 6.07) is 0. The van der Waals surface area contributed by atoms with Crippen molar-refractivity contribution in [3.63, 3.8) is 0 Å². The normalized spacial score (nSPS) is 16.3. The third kappa shape index (κ3) is 1.97. The molecule has 0 aliphatic carbocycles. The molecule has 4 N–H and O–H groups in total. The Kier molecular flexibility index (Phi) is 3.32. The zero-order valence-electron chi connectivity index (χ0n) is 6.35. The van der Waals surface area contributed by atoms with Crippen LogP contribution < -0.4 is 11.1 Å². The molecule has 4 heteroatoms. The molecule has 0 saturated heterocycles. The van der Waals surface area contributed by atoms with Gasteiger partial charge in [0.1, 0.15) is 0 Å². The highest BCUT2D eigenvalue weighted by Crippen LogP contribution is 2.06. The fraction of sp³-hybridized carbons (Fsp3) is 0.833. The average molecular weight is 146 g/mol. The second-order valence-electron chi connectivity index (χ2n) is 2.28. The highest BCUT2D eigenvalue weighted by Gasteiger charge is 2.30. The summed E-state index contributed by atoms with van der Waals surface area (Å²) in [5.74, 6) is -0.677. The van der Waals surface area contributed by atoms with Crippen molar-refractivity contribution in [2.75, 3.05) is 13.6 Å². The molecular formula is C6H14N2O2. The number of primary amides is 1. The lowest BCUT2D eigenvalue weighted by Crippen LogP contribution is -2.50. The third-order valence-corrected chi connectivity index (χ3v) is 1.51. The summed E-state index contributed by atoms with van der Waals surface area (Å²) in [5, 5.41) is 12.0. The van der Waals surface area contributed by atoms with Gasteiger partial charge in [0.15, 0.2) is 5.60 Å². The molecule has 0 aliphatic rings. The van der Waals surface area contributed by atoms with Crippen molar-refractivity contribution in [3.05, 3.63) is 0 Å². The molecule has 0 fully saturated rings. The van der Waals surface area contributed by atoms with Crippen LogP contribution in [0.5, 0.6) is 0 Å². The molecule has 0 aromatic rings. The van der Waals surface area contributed by atoms with Crippen LogP contribution in [0.2, 0.25) is 0 Å². The lowest BCUT2D eigenvalue weighted by Gasteiger charge is -2.21. The molecule has 10 heavy (non-hydrogen) atoms. The van der Waals surface area contributed by atoms with Gasteiger partial charge in [0, 0.05) is 6.54 Å². The van der Waals surface area contributed by atoms with Crippen molar-refractivity contribution in [1.29, 1.82) is 0 Å². The highest BCUT2D eigenvalue weighted by atomic mass is 16.3. The van der Waals surface area contributed by atoms with Gasteiger partial charge in [-0.05, 0) is 13.5 Å². The van der Waals surface area contributed by atoms with E-state index >= 15 is 0 Å². The molecule has 0 aromatic heterocycles. The molecule has 0 aliphatic heterocycles. The third-order valence-electron chi connectivity index (χ3n) is 1.51. The maximum Gasteiger partial charge on any atom is 0.250 e. The van der Waals surface area contributed by atoms with Crippen LogP contribution in [0.1, 0.15) is 13.3 Å². The number of carbonyl (C=O) groups excluding carboxylic acids is 1. The molecular weight excluding hydrogens is 132 g/mol. The molecule has 1 amide bonds. The highest BCUT2D eigenvalue weighted by molar-refractivity contribution is 5.83. The van der Waals surface area contributed by atoms with Gasteiger partial charge < -0.3 is 16.2 Å². The molecule has 60 valence electrons. The second-order valence-corrected chi connectivity index (χ2v) is 2.28. The van der Waals surface area contributed by atoms with Gasteiger partial charge in [0.05, 0.1) is 0 Å². The number of carbonyl (C=O) groups is 1. The average Bonchev–Trinajstić information content (AvgIpc) is 1.88. The van der Waals surface area contributed by atoms with Crippen LogP contribution >= 0.6 is 0 Å². The van der Waals surface area contributed by atoms with Crippen LogP contribution in [0.25, 0.3) is 0 Å². The van der Waals surface area contributed by atoms with Gasteiger partial charge in [-0.15, -0.1) is 0 Å². The Labute approximate surface area is 60.4 Å². The summed E-state index contributed by atoms with van der Waals surface area (Å²) < 4.78 is 0. The van der Waals surface area contributed by atoms with Gasteiger partial charge >= 0.3 is 0 Å². The van der Waals surface area contributed by atoms with E-state index in [0.717, 1.165) is 0 Å². The zero-order chi connectivity index (χ0) is 8.20. The Morgan fingerprint density at radius 1 is 1.80 bits per heavy atom. The summed E-state index contributed by atoms with van der Waals surface area (Å²) in [6.07, 6.45) is 0.336. The minimum absolute atomic E-state index is 0.207. The monoisotopic (exact) mass is 146 g/mol. The first-order valence-corrected chi connectivity index (χ1v) is 3.23. The predicted molar refractivity (Wildman–Crippen MR) is 38.4 cm³/mol. The van der Waals surface area contributed by atoms with E-state index in [4.69, 9.17) is 5.73 Å². The van der Waals surface area contributed by atoms with Crippen molar-refractivity contribution >= 4 is 5.91 Å². The molecule has 0 heterocycles. The van der Waals surface area contributed by atoms with Gasteiger partial charge in [0.2, 0.25) is 0 Å². The van der Waals surface area contributed by atoms with E-state index in [0.29, 0.717) is 6.42 Å². The second kappa shape index (κ2) is 3.53. The predicted octanol–water partition coefficient (Wildman–Crippen LogP) is -1.17. The number of rotatable bonds is 4. The fourth-order valence-electron chi connectivity index (χ4n) is 0.679. The van der Waals surface area contributed by atoms with Crippen LogP contribution in [-0.2, 0) is 4.79 Å². The smallest absolute Gasteiger partial charge is 0.250 e. The number of amides is 1. The van der Waals surface area contributed by atoms with Crippen LogP contribution in [0.15, 0.2) is 0 Å². The van der Waals surface area contributed by atoms with Crippen LogP contribution in [0.4, 0.5) is 0 Å². The number of hydrogen-bond donors (Lipinski definition) is 3. The maximum absolute atomic E-state index is 10.6. The maximum atomic E-state index is 10.6. The van der Waals surface area contributed by atoms with Crippen LogP contribution in [-0.4, -0.2) is 30.2 Å². The number of likely N-dealkylation sites (N-methyl/N-ethyl adjacent to an activating group) is 1. The van der Waals surface area contributed by atoms with Gasteiger partial charge in [-0.3, -0.25) is 4.79 Å². The first-order valence-electron chi connectivity index (χ1n) is 3.23. The summed E-state index contributed by atoms with van der Waals surface area (Å²) in [6.45, 7) is 1.92. The van der Waals surface area contributed by atoms with E-state index in [9.17, 15) is 9.90 Å². The largest absolute Gasteiger partial charge is 0.379 e. The van der Waals surface area contributed by atoms with E-state index in [2.05, 4.69) is 5.32 Å². The molecule has 0 spiro atoms. The minimum Gasteiger partial charge on any atom is -0.379 e. The van der Waals surface area contributed by atoms with E-state index in [1.54, 1.807) is 14.0 Å². The van der Waals surface area contributed by atoms with Gasteiger partial charge in [-0.25, -0.2) is 0 Å². The van der Waals surface area contributed by atoms with Crippen molar-refractivity contribution < 1.29 is 9.90 Å². The van der Waals surface area contributed by atoms with Crippen molar-refractivity contribution in [3.8, 4) is 0 Å². The molecule has 0 aromatic carbocycles. The fourth-order valence-corrected chi connectivity index (χ4v) is 0.679. The molecule has 0 rings (SSSR count). The molecule has 4 nitrogen and oxygen atoms in total. The number of hydrogen-bond acceptors (Lipinski definition) is 3. The number of nitrogens with one attached hydrogen (secondary N) is 1. The van der Waals surface area contributed by atoms with E-state index in [1.807, 2.05) is 0 Å². The first kappa shape index (κ1) is 9.39. The topological polar surface area (TPSA) is 75.3 Å². The molecule has 1 unspecified atom stereocenters. The Hall–Kier alpha value is -0.610. The van der Waals surface area contributed by atoms with Crippen LogP contribution in [0.3, 0.4) is 0 Å². The van der Waals surface area contributed by atoms with Crippen molar-refractivity contribution in [2.45, 2.75) is 18.9 Å². The summed E-state index contributed by atoms with van der Waals surface area (Å²) in [5.41, 5.74) is 3.56. The van der Waals surface area contributed by atoms with Crippen molar-refractivity contribution in [2.24, 2.45) is 5.73 Å². The quantitative estimate of drug-likeness (QED) is 0.468. The Morgan fingerprint density at radius 2 is 2.30 bits per heavy atom. The molecule has 1 atom stereocenters. The van der Waals surface area contributed by atoms with Gasteiger partial charge in [-0.2, -0.15) is 0 Å². The zero-order valence-corrected chi connectivity index (χ0v) is 6.35. The number of nitrogens with two attached hydrogens (primary N) is 1. The van der Waals surface area contributed by atoms with Crippen LogP contribution in [0, 0.1) is 0 Å². The SMILES string of the molecule is CCC(O)(CNC)C(N)=O. The Bertz CT molecular complexity index is 127. The first-order chi connectivity index (χ1) is 4.56. The van der Waals surface area contributed by atoms with E-state index in [-0.39, 0.29) is 6.54 Å². The number of aliphatic hydroxyl groups is 1. The standard InChI is InChI=1S/C6H14N2O2/c1-3-6(10,4-8-2)5(7)9/h8,10H,3-4H2,1-2H3,(H2,7,9). The lowest BCUT2D eigenvalue weighted by molar-refractivity contribution is -0.136. The van der Waals surface area contributed by atoms with Crippen molar-refractivity contribution in [1.82, 2.24) is 5.32 Å². The minimum atomic E-state index is -1.38. The Morgan fingerprint density at radius 3 is 2.40 bits per heavy atom. The van der Waals surface area contributed by atoms with E-state index < -0.39 is 11.5 Å². The summed E-state index contributed by atoms with van der Waals surface area (Å²) in [4.78, 5) is 10.6. The summed E-state index contributed by atoms with van der Waals surface area (Å²) in [7, 11) is 1.66. The van der Waals surface area contributed by atoms with E-state index in [1.165, 1.54) is 0 Å².